The van der Waals surface area contributed by atoms with E-state index in [0.717, 1.165) is 0 Å². The van der Waals surface area contributed by atoms with Crippen LogP contribution in [0, 0.1) is 23.5 Å². The van der Waals surface area contributed by atoms with E-state index in [1.54, 1.807) is 24.3 Å². The maximum Gasteiger partial charge on any atom is 0.253 e. The van der Waals surface area contributed by atoms with Gasteiger partial charge in [0, 0.05) is 24.1 Å². The molecular formula is C16H9F4N3O. The van der Waals surface area contributed by atoms with Gasteiger partial charge in [-0.1, -0.05) is 6.07 Å². The van der Waals surface area contributed by atoms with Crippen LogP contribution in [-0.4, -0.2) is 9.97 Å². The number of rotatable bonds is 4. The van der Waals surface area contributed by atoms with E-state index in [0.29, 0.717) is 11.5 Å². The minimum absolute atomic E-state index is 0.171. The van der Waals surface area contributed by atoms with Crippen LogP contribution < -0.4 is 10.1 Å². The van der Waals surface area contributed by atoms with Gasteiger partial charge in [0.15, 0.2) is 0 Å². The Kier molecular flexibility index (Phi) is 4.28. The number of halogens is 4. The summed E-state index contributed by atoms with van der Waals surface area (Å²) in [6.07, 6.45) is 3.06. The molecule has 0 fully saturated rings. The van der Waals surface area contributed by atoms with Crippen molar-refractivity contribution in [2.45, 2.75) is 0 Å². The molecule has 3 rings (SSSR count). The van der Waals surface area contributed by atoms with Crippen molar-refractivity contribution in [3.8, 4) is 11.5 Å². The predicted octanol–water partition coefficient (Wildman–Crippen LogP) is 4.57. The normalized spacial score (nSPS) is 10.5. The molecule has 0 aliphatic carbocycles. The van der Waals surface area contributed by atoms with E-state index in [1.165, 1.54) is 24.5 Å². The van der Waals surface area contributed by atoms with Gasteiger partial charge in [-0.25, -0.2) is 0 Å². The number of nitrogens with zero attached hydrogens (tertiary/aromatic N) is 2. The monoisotopic (exact) mass is 335 g/mol. The molecule has 0 amide bonds. The summed E-state index contributed by atoms with van der Waals surface area (Å²) >= 11 is 0. The molecule has 0 saturated heterocycles. The van der Waals surface area contributed by atoms with E-state index in [4.69, 9.17) is 4.74 Å². The first-order valence-corrected chi connectivity index (χ1v) is 6.69. The third-order valence-electron chi connectivity index (χ3n) is 2.99. The van der Waals surface area contributed by atoms with Crippen LogP contribution in [-0.2, 0) is 0 Å². The molecule has 1 aromatic carbocycles. The Morgan fingerprint density at radius 1 is 0.833 bits per heavy atom. The van der Waals surface area contributed by atoms with E-state index in [1.807, 2.05) is 0 Å². The molecule has 4 nitrogen and oxygen atoms in total. The summed E-state index contributed by atoms with van der Waals surface area (Å²) in [5.74, 6) is -5.85. The van der Waals surface area contributed by atoms with Gasteiger partial charge in [-0.15, -0.1) is 0 Å². The van der Waals surface area contributed by atoms with Crippen LogP contribution in [0.1, 0.15) is 0 Å². The Bertz CT molecular complexity index is 848. The zero-order chi connectivity index (χ0) is 17.1. The summed E-state index contributed by atoms with van der Waals surface area (Å²) in [5, 5.41) is 2.29. The van der Waals surface area contributed by atoms with Gasteiger partial charge in [-0.05, 0) is 24.3 Å². The molecule has 0 bridgehead atoms. The third-order valence-corrected chi connectivity index (χ3v) is 2.99. The van der Waals surface area contributed by atoms with Gasteiger partial charge in [-0.2, -0.15) is 22.5 Å². The first kappa shape index (κ1) is 15.7. The van der Waals surface area contributed by atoms with Crippen LogP contribution in [0.3, 0.4) is 0 Å². The lowest BCUT2D eigenvalue weighted by Crippen LogP contribution is -2.06. The van der Waals surface area contributed by atoms with Gasteiger partial charge in [0.2, 0.25) is 11.6 Å². The summed E-state index contributed by atoms with van der Waals surface area (Å²) in [4.78, 5) is 6.34. The van der Waals surface area contributed by atoms with Crippen molar-refractivity contribution in [1.29, 1.82) is 0 Å². The van der Waals surface area contributed by atoms with Gasteiger partial charge in [0.05, 0.1) is 0 Å². The lowest BCUT2D eigenvalue weighted by molar-refractivity contribution is 0.411. The van der Waals surface area contributed by atoms with Gasteiger partial charge < -0.3 is 10.1 Å². The van der Waals surface area contributed by atoms with E-state index in [-0.39, 0.29) is 5.69 Å². The molecule has 122 valence electrons. The standard InChI is InChI=1S/C16H9F4N3O/c17-12-14(13(18)16(20)23-15(12)19)22-9-2-1-3-11(8-9)24-10-4-6-21-7-5-10/h1-8H,(H,22,23). The predicted molar refractivity (Wildman–Crippen MR) is 78.1 cm³/mol. The molecule has 24 heavy (non-hydrogen) atoms. The Balaban J connectivity index is 1.88. The number of benzene rings is 1. The van der Waals surface area contributed by atoms with Gasteiger partial charge in [-0.3, -0.25) is 4.98 Å². The first-order chi connectivity index (χ1) is 11.5. The molecule has 0 saturated carbocycles. The Hall–Kier alpha value is -3.16. The van der Waals surface area contributed by atoms with Crippen molar-refractivity contribution < 1.29 is 22.3 Å². The highest BCUT2D eigenvalue weighted by molar-refractivity contribution is 5.62. The SMILES string of the molecule is Fc1nc(F)c(F)c(Nc2cccc(Oc3ccncc3)c2)c1F. The molecule has 0 aliphatic rings. The maximum absolute atomic E-state index is 13.6. The van der Waals surface area contributed by atoms with E-state index in [9.17, 15) is 17.6 Å². The van der Waals surface area contributed by atoms with E-state index < -0.39 is 29.2 Å². The van der Waals surface area contributed by atoms with Crippen molar-refractivity contribution >= 4 is 11.4 Å². The summed E-state index contributed by atoms with van der Waals surface area (Å²) < 4.78 is 59.1. The fourth-order valence-corrected chi connectivity index (χ4v) is 1.92. The number of ether oxygens (including phenoxy) is 1. The molecule has 0 spiro atoms. The van der Waals surface area contributed by atoms with Gasteiger partial charge in [0.25, 0.3) is 11.9 Å². The average molecular weight is 335 g/mol. The lowest BCUT2D eigenvalue weighted by Gasteiger charge is -2.11. The summed E-state index contributed by atoms with van der Waals surface area (Å²) in [6, 6.07) is 9.25. The minimum Gasteiger partial charge on any atom is -0.457 e. The Morgan fingerprint density at radius 3 is 2.17 bits per heavy atom. The summed E-state index contributed by atoms with van der Waals surface area (Å²) in [6.45, 7) is 0. The molecule has 8 heteroatoms. The highest BCUT2D eigenvalue weighted by atomic mass is 19.2. The molecule has 0 atom stereocenters. The van der Waals surface area contributed by atoms with Crippen LogP contribution in [0.25, 0.3) is 0 Å². The lowest BCUT2D eigenvalue weighted by atomic mass is 10.2. The third kappa shape index (κ3) is 3.27. The van der Waals surface area contributed by atoms with Crippen LogP contribution in [0.4, 0.5) is 28.9 Å². The highest BCUT2D eigenvalue weighted by Gasteiger charge is 2.20. The molecular weight excluding hydrogens is 326 g/mol. The number of hydrogen-bond donors (Lipinski definition) is 1. The van der Waals surface area contributed by atoms with E-state index >= 15 is 0 Å². The van der Waals surface area contributed by atoms with Gasteiger partial charge >= 0.3 is 0 Å². The molecule has 3 aromatic rings. The molecule has 2 heterocycles. The first-order valence-electron chi connectivity index (χ1n) is 6.69. The Labute approximate surface area is 133 Å². The zero-order valence-corrected chi connectivity index (χ0v) is 11.9. The molecule has 0 unspecified atom stereocenters. The number of aromatic nitrogens is 2. The molecule has 1 N–H and O–H groups in total. The van der Waals surface area contributed by atoms with Crippen LogP contribution in [0.15, 0.2) is 48.8 Å². The topological polar surface area (TPSA) is 47.0 Å². The molecule has 0 aliphatic heterocycles. The van der Waals surface area contributed by atoms with Crippen LogP contribution in [0.5, 0.6) is 11.5 Å². The summed E-state index contributed by atoms with van der Waals surface area (Å²) in [7, 11) is 0. The number of pyridine rings is 2. The van der Waals surface area contributed by atoms with Crippen LogP contribution in [0.2, 0.25) is 0 Å². The molecule has 0 radical (unpaired) electrons. The number of anilines is 2. The number of nitrogens with one attached hydrogen (secondary N) is 1. The van der Waals surface area contributed by atoms with Gasteiger partial charge in [0.1, 0.15) is 17.2 Å². The largest absolute Gasteiger partial charge is 0.457 e. The summed E-state index contributed by atoms with van der Waals surface area (Å²) in [5.41, 5.74) is -0.801. The Morgan fingerprint density at radius 2 is 1.50 bits per heavy atom. The fraction of sp³-hybridized carbons (Fsp3) is 0. The van der Waals surface area contributed by atoms with Crippen LogP contribution >= 0.6 is 0 Å². The second-order valence-corrected chi connectivity index (χ2v) is 4.63. The minimum atomic E-state index is -1.74. The average Bonchev–Trinajstić information content (AvgIpc) is 2.58. The smallest absolute Gasteiger partial charge is 0.253 e. The van der Waals surface area contributed by atoms with Crippen molar-refractivity contribution in [2.24, 2.45) is 0 Å². The second kappa shape index (κ2) is 6.53. The fourth-order valence-electron chi connectivity index (χ4n) is 1.92. The second-order valence-electron chi connectivity index (χ2n) is 4.63. The maximum atomic E-state index is 13.6. The number of hydrogen-bond acceptors (Lipinski definition) is 4. The van der Waals surface area contributed by atoms with Crippen molar-refractivity contribution in [3.63, 3.8) is 0 Å². The van der Waals surface area contributed by atoms with Crippen molar-refractivity contribution in [2.75, 3.05) is 5.32 Å². The molecule has 2 aromatic heterocycles. The van der Waals surface area contributed by atoms with E-state index in [2.05, 4.69) is 15.3 Å². The quantitative estimate of drug-likeness (QED) is 0.560. The van der Waals surface area contributed by atoms with Crippen molar-refractivity contribution in [1.82, 2.24) is 9.97 Å². The zero-order valence-electron chi connectivity index (χ0n) is 11.9. The highest BCUT2D eigenvalue weighted by Crippen LogP contribution is 2.29. The van der Waals surface area contributed by atoms with Crippen molar-refractivity contribution in [3.05, 3.63) is 72.3 Å².